The van der Waals surface area contributed by atoms with Crippen molar-refractivity contribution in [1.29, 1.82) is 0 Å². The van der Waals surface area contributed by atoms with Crippen molar-refractivity contribution in [1.82, 2.24) is 0 Å². The molecule has 1 heterocycles. The van der Waals surface area contributed by atoms with Gasteiger partial charge in [-0.2, -0.15) is 0 Å². The Morgan fingerprint density at radius 2 is 1.18 bits per heavy atom. The number of nitrogens with zero attached hydrogens (tertiary/aromatic N) is 1. The molecule has 3 nitrogen and oxygen atoms in total. The molecule has 3 heteroatoms. The SMILES string of the molecule is c1ccc(N(c2ccccc2)c2ccc3c(c2)OCO3)cc1. The molecule has 4 rings (SSSR count). The van der Waals surface area contributed by atoms with Crippen molar-refractivity contribution in [2.75, 3.05) is 11.7 Å². The highest BCUT2D eigenvalue weighted by atomic mass is 16.7. The summed E-state index contributed by atoms with van der Waals surface area (Å²) >= 11 is 0. The summed E-state index contributed by atoms with van der Waals surface area (Å²) in [5, 5.41) is 0. The molecule has 3 aromatic rings. The number of rotatable bonds is 3. The first kappa shape index (κ1) is 12.8. The minimum absolute atomic E-state index is 0.287. The van der Waals surface area contributed by atoms with E-state index in [2.05, 4.69) is 29.2 Å². The average molecular weight is 289 g/mol. The molecule has 1 aliphatic rings. The molecule has 1 aliphatic heterocycles. The standard InChI is InChI=1S/C19H15NO2/c1-3-7-15(8-4-1)20(16-9-5-2-6-10-16)17-11-12-18-19(13-17)22-14-21-18/h1-13H,14H2. The summed E-state index contributed by atoms with van der Waals surface area (Å²) in [6.07, 6.45) is 0. The molecule has 0 saturated carbocycles. The Balaban J connectivity index is 1.84. The second kappa shape index (κ2) is 5.45. The summed E-state index contributed by atoms with van der Waals surface area (Å²) in [6, 6.07) is 26.6. The predicted octanol–water partition coefficient (Wildman–Crippen LogP) is 4.89. The Bertz CT molecular complexity index is 732. The Labute approximate surface area is 129 Å². The number of para-hydroxylation sites is 2. The third-order valence-electron chi connectivity index (χ3n) is 3.64. The van der Waals surface area contributed by atoms with Gasteiger partial charge >= 0.3 is 0 Å². The fourth-order valence-corrected chi connectivity index (χ4v) is 2.63. The minimum atomic E-state index is 0.287. The topological polar surface area (TPSA) is 21.7 Å². The number of hydrogen-bond acceptors (Lipinski definition) is 3. The third kappa shape index (κ3) is 2.27. The van der Waals surface area contributed by atoms with Gasteiger partial charge in [0.1, 0.15) is 0 Å². The lowest BCUT2D eigenvalue weighted by atomic mass is 10.2. The van der Waals surface area contributed by atoms with Crippen molar-refractivity contribution in [2.24, 2.45) is 0 Å². The van der Waals surface area contributed by atoms with Gasteiger partial charge < -0.3 is 14.4 Å². The Kier molecular flexibility index (Phi) is 3.16. The van der Waals surface area contributed by atoms with Gasteiger partial charge in [-0.1, -0.05) is 36.4 Å². The van der Waals surface area contributed by atoms with E-state index < -0.39 is 0 Å². The fourth-order valence-electron chi connectivity index (χ4n) is 2.63. The lowest BCUT2D eigenvalue weighted by Crippen LogP contribution is -2.09. The van der Waals surface area contributed by atoms with Crippen molar-refractivity contribution in [2.45, 2.75) is 0 Å². The normalized spacial score (nSPS) is 12.2. The third-order valence-corrected chi connectivity index (χ3v) is 3.64. The maximum atomic E-state index is 5.51. The summed E-state index contributed by atoms with van der Waals surface area (Å²) < 4.78 is 10.9. The quantitative estimate of drug-likeness (QED) is 0.685. The predicted molar refractivity (Wildman–Crippen MR) is 87.2 cm³/mol. The summed E-state index contributed by atoms with van der Waals surface area (Å²) in [6.45, 7) is 0.287. The van der Waals surface area contributed by atoms with Crippen molar-refractivity contribution < 1.29 is 9.47 Å². The zero-order valence-corrected chi connectivity index (χ0v) is 12.0. The van der Waals surface area contributed by atoms with Crippen LogP contribution in [0.1, 0.15) is 0 Å². The van der Waals surface area contributed by atoms with Gasteiger partial charge in [0.05, 0.1) is 5.69 Å². The first-order valence-electron chi connectivity index (χ1n) is 7.22. The van der Waals surface area contributed by atoms with Gasteiger partial charge in [-0.3, -0.25) is 0 Å². The maximum absolute atomic E-state index is 5.51. The molecule has 0 unspecified atom stereocenters. The van der Waals surface area contributed by atoms with E-state index in [1.54, 1.807) is 0 Å². The van der Waals surface area contributed by atoms with Gasteiger partial charge in [0.15, 0.2) is 11.5 Å². The molecule has 3 aromatic carbocycles. The Hall–Kier alpha value is -2.94. The molecule has 0 aromatic heterocycles. The molecule has 0 N–H and O–H groups in total. The van der Waals surface area contributed by atoms with Gasteiger partial charge in [0, 0.05) is 17.4 Å². The number of fused-ring (bicyclic) bond motifs is 1. The largest absolute Gasteiger partial charge is 0.454 e. The molecular formula is C19H15NO2. The van der Waals surface area contributed by atoms with Crippen LogP contribution in [0.3, 0.4) is 0 Å². The van der Waals surface area contributed by atoms with Crippen LogP contribution in [0.5, 0.6) is 11.5 Å². The van der Waals surface area contributed by atoms with Crippen molar-refractivity contribution in [3.63, 3.8) is 0 Å². The second-order valence-electron chi connectivity index (χ2n) is 5.04. The van der Waals surface area contributed by atoms with Crippen LogP contribution in [0.25, 0.3) is 0 Å². The zero-order chi connectivity index (χ0) is 14.8. The van der Waals surface area contributed by atoms with Crippen LogP contribution in [0.15, 0.2) is 78.9 Å². The zero-order valence-electron chi connectivity index (χ0n) is 12.0. The first-order valence-corrected chi connectivity index (χ1v) is 7.22. The number of ether oxygens (including phenoxy) is 2. The van der Waals surface area contributed by atoms with Crippen molar-refractivity contribution in [3.8, 4) is 11.5 Å². The van der Waals surface area contributed by atoms with E-state index in [-0.39, 0.29) is 6.79 Å². The minimum Gasteiger partial charge on any atom is -0.454 e. The highest BCUT2D eigenvalue weighted by Crippen LogP contribution is 2.40. The lowest BCUT2D eigenvalue weighted by Gasteiger charge is -2.25. The van der Waals surface area contributed by atoms with Crippen LogP contribution in [0.2, 0.25) is 0 Å². The fraction of sp³-hybridized carbons (Fsp3) is 0.0526. The van der Waals surface area contributed by atoms with Crippen LogP contribution in [0, 0.1) is 0 Å². The van der Waals surface area contributed by atoms with E-state index in [0.717, 1.165) is 28.6 Å². The van der Waals surface area contributed by atoms with Crippen molar-refractivity contribution in [3.05, 3.63) is 78.9 Å². The van der Waals surface area contributed by atoms with Gasteiger partial charge in [0.2, 0.25) is 6.79 Å². The average Bonchev–Trinajstić information content (AvgIpc) is 3.05. The Morgan fingerprint density at radius 3 is 1.82 bits per heavy atom. The van der Waals surface area contributed by atoms with Gasteiger partial charge in [-0.05, 0) is 36.4 Å². The molecule has 108 valence electrons. The summed E-state index contributed by atoms with van der Waals surface area (Å²) in [7, 11) is 0. The van der Waals surface area contributed by atoms with Crippen LogP contribution in [0.4, 0.5) is 17.1 Å². The van der Waals surface area contributed by atoms with Crippen LogP contribution < -0.4 is 14.4 Å². The molecule has 0 saturated heterocycles. The molecule has 0 aliphatic carbocycles. The summed E-state index contributed by atoms with van der Waals surface area (Å²) in [4.78, 5) is 2.20. The van der Waals surface area contributed by atoms with E-state index in [9.17, 15) is 0 Å². The van der Waals surface area contributed by atoms with Crippen LogP contribution in [-0.2, 0) is 0 Å². The van der Waals surface area contributed by atoms with Crippen LogP contribution >= 0.6 is 0 Å². The number of benzene rings is 3. The van der Waals surface area contributed by atoms with Crippen LogP contribution in [-0.4, -0.2) is 6.79 Å². The van der Waals surface area contributed by atoms with E-state index in [1.807, 2.05) is 54.6 Å². The van der Waals surface area contributed by atoms with Gasteiger partial charge in [-0.15, -0.1) is 0 Å². The Morgan fingerprint density at radius 1 is 0.591 bits per heavy atom. The molecule has 0 bridgehead atoms. The van der Waals surface area contributed by atoms with E-state index in [4.69, 9.17) is 9.47 Å². The molecule has 0 spiro atoms. The molecule has 0 fully saturated rings. The van der Waals surface area contributed by atoms with Crippen molar-refractivity contribution >= 4 is 17.1 Å². The van der Waals surface area contributed by atoms with E-state index >= 15 is 0 Å². The monoisotopic (exact) mass is 289 g/mol. The van der Waals surface area contributed by atoms with Gasteiger partial charge in [-0.25, -0.2) is 0 Å². The number of hydrogen-bond donors (Lipinski definition) is 0. The maximum Gasteiger partial charge on any atom is 0.231 e. The first-order chi connectivity index (χ1) is 10.9. The smallest absolute Gasteiger partial charge is 0.231 e. The van der Waals surface area contributed by atoms with E-state index in [1.165, 1.54) is 0 Å². The molecule has 0 amide bonds. The van der Waals surface area contributed by atoms with E-state index in [0.29, 0.717) is 0 Å². The molecule has 22 heavy (non-hydrogen) atoms. The highest BCUT2D eigenvalue weighted by molar-refractivity contribution is 5.77. The molecule has 0 radical (unpaired) electrons. The molecule has 0 atom stereocenters. The lowest BCUT2D eigenvalue weighted by molar-refractivity contribution is 0.174. The highest BCUT2D eigenvalue weighted by Gasteiger charge is 2.17. The number of anilines is 3. The second-order valence-corrected chi connectivity index (χ2v) is 5.04. The molecular weight excluding hydrogens is 274 g/mol. The summed E-state index contributed by atoms with van der Waals surface area (Å²) in [5.74, 6) is 1.58. The summed E-state index contributed by atoms with van der Waals surface area (Å²) in [5.41, 5.74) is 3.25. The van der Waals surface area contributed by atoms with Gasteiger partial charge in [0.25, 0.3) is 0 Å².